The monoisotopic (exact) mass is 594 g/mol. The van der Waals surface area contributed by atoms with E-state index in [9.17, 15) is 24.3 Å². The number of nitrogens with zero attached hydrogens (tertiary/aromatic N) is 2. The molecule has 0 aromatic heterocycles. The third-order valence-electron chi connectivity index (χ3n) is 9.03. The van der Waals surface area contributed by atoms with E-state index in [-0.39, 0.29) is 36.3 Å². The number of methoxy groups -OCH3 is 1. The predicted molar refractivity (Wildman–Crippen MR) is 152 cm³/mol. The Morgan fingerprint density at radius 3 is 2.46 bits per heavy atom. The molecule has 4 aliphatic rings. The molecule has 2 saturated heterocycles. The molecule has 3 fully saturated rings. The van der Waals surface area contributed by atoms with Crippen LogP contribution in [0.1, 0.15) is 24.0 Å². The van der Waals surface area contributed by atoms with Gasteiger partial charge in [0.05, 0.1) is 25.5 Å². The highest BCUT2D eigenvalue weighted by Gasteiger charge is 2.75. The minimum Gasteiger partial charge on any atom is -0.504 e. The van der Waals surface area contributed by atoms with Crippen molar-refractivity contribution < 1.29 is 29.0 Å². The maximum absolute atomic E-state index is 13.9. The molecule has 1 N–H and O–H groups in total. The number of likely N-dealkylation sites (tertiary alicyclic amines) is 2. The van der Waals surface area contributed by atoms with E-state index in [1.54, 1.807) is 24.3 Å². The Morgan fingerprint density at radius 2 is 1.76 bits per heavy atom. The standard InChI is InChI=1S/C31H28Cl2N2O6/c1-34-28(39)30(32)15-21-19(10-11-20-25(21)27(38)35(26(20)37)16-18-6-4-3-5-7-18)22(31(30,33)29(34)40)12-8-17-9-13-23(36)24(14-17)41-2/h3-10,12-14,20-22,25,36H,11,15-16H2,1-2H3/t20-,21+,22-,25-,30+,31-/m0/s1. The zero-order chi connectivity index (χ0) is 29.3. The minimum atomic E-state index is -1.83. The molecule has 2 heterocycles. The smallest absolute Gasteiger partial charge is 0.253 e. The zero-order valence-corrected chi connectivity index (χ0v) is 23.9. The molecule has 212 valence electrons. The van der Waals surface area contributed by atoms with Gasteiger partial charge in [0.2, 0.25) is 11.8 Å². The van der Waals surface area contributed by atoms with E-state index >= 15 is 0 Å². The number of aromatic hydroxyl groups is 1. The van der Waals surface area contributed by atoms with Gasteiger partial charge in [0.25, 0.3) is 11.8 Å². The number of allylic oxidation sites excluding steroid dienone is 3. The number of halogens is 2. The van der Waals surface area contributed by atoms with Crippen LogP contribution in [-0.4, -0.2) is 62.4 Å². The summed E-state index contributed by atoms with van der Waals surface area (Å²) < 4.78 is 5.21. The minimum absolute atomic E-state index is 0.0281. The summed E-state index contributed by atoms with van der Waals surface area (Å²) in [5, 5.41) is 10.00. The summed E-state index contributed by atoms with van der Waals surface area (Å²) in [6, 6.07) is 14.1. The van der Waals surface area contributed by atoms with E-state index < -0.39 is 45.2 Å². The molecule has 6 atom stereocenters. The van der Waals surface area contributed by atoms with Gasteiger partial charge in [0, 0.05) is 13.0 Å². The number of phenols is 1. The van der Waals surface area contributed by atoms with Crippen LogP contribution >= 0.6 is 23.2 Å². The largest absolute Gasteiger partial charge is 0.504 e. The van der Waals surface area contributed by atoms with Crippen LogP contribution in [0.4, 0.5) is 0 Å². The van der Waals surface area contributed by atoms with Crippen molar-refractivity contribution in [1.82, 2.24) is 9.80 Å². The molecule has 2 aromatic carbocycles. The lowest BCUT2D eigenvalue weighted by atomic mass is 9.57. The number of carbonyl (C=O) groups is 4. The van der Waals surface area contributed by atoms with Gasteiger partial charge in [-0.25, -0.2) is 0 Å². The number of imide groups is 2. The number of phenolic OH excluding ortho intramolecular Hbond substituents is 1. The summed E-state index contributed by atoms with van der Waals surface area (Å²) in [5.74, 6) is -4.27. The second-order valence-electron chi connectivity index (χ2n) is 11.1. The molecule has 0 unspecified atom stereocenters. The van der Waals surface area contributed by atoms with Crippen LogP contribution in [-0.2, 0) is 25.7 Å². The molecule has 0 bridgehead atoms. The average Bonchev–Trinajstić information content (AvgIpc) is 3.28. The van der Waals surface area contributed by atoms with Crippen molar-refractivity contribution in [1.29, 1.82) is 0 Å². The van der Waals surface area contributed by atoms with Crippen molar-refractivity contribution in [2.24, 2.45) is 23.7 Å². The van der Waals surface area contributed by atoms with Gasteiger partial charge in [-0.15, -0.1) is 23.2 Å². The highest BCUT2D eigenvalue weighted by Crippen LogP contribution is 2.63. The molecule has 2 aliphatic heterocycles. The first-order valence-electron chi connectivity index (χ1n) is 13.4. The van der Waals surface area contributed by atoms with Crippen LogP contribution in [0.3, 0.4) is 0 Å². The molecule has 41 heavy (non-hydrogen) atoms. The summed E-state index contributed by atoms with van der Waals surface area (Å²) >= 11 is 14.3. The van der Waals surface area contributed by atoms with Gasteiger partial charge in [-0.2, -0.15) is 0 Å². The summed E-state index contributed by atoms with van der Waals surface area (Å²) in [5.41, 5.74) is 2.21. The summed E-state index contributed by atoms with van der Waals surface area (Å²) in [7, 11) is 2.79. The van der Waals surface area contributed by atoms with Gasteiger partial charge in [-0.3, -0.25) is 29.0 Å². The van der Waals surface area contributed by atoms with E-state index in [4.69, 9.17) is 27.9 Å². The first-order chi connectivity index (χ1) is 19.5. The van der Waals surface area contributed by atoms with Gasteiger partial charge in [-0.05, 0) is 42.0 Å². The third-order valence-corrected chi connectivity index (χ3v) is 10.5. The predicted octanol–water partition coefficient (Wildman–Crippen LogP) is 4.14. The van der Waals surface area contributed by atoms with E-state index in [0.29, 0.717) is 12.0 Å². The Hall–Kier alpha value is -3.62. The molecule has 6 rings (SSSR count). The highest BCUT2D eigenvalue weighted by atomic mass is 35.5. The summed E-state index contributed by atoms with van der Waals surface area (Å²) in [6.07, 6.45) is 5.61. The first-order valence-corrected chi connectivity index (χ1v) is 14.1. The Morgan fingerprint density at radius 1 is 1.02 bits per heavy atom. The van der Waals surface area contributed by atoms with Crippen molar-refractivity contribution in [3.8, 4) is 11.5 Å². The number of rotatable bonds is 5. The Balaban J connectivity index is 1.42. The first kappa shape index (κ1) is 27.5. The molecule has 0 spiro atoms. The van der Waals surface area contributed by atoms with Crippen LogP contribution in [0, 0.1) is 23.7 Å². The number of hydrogen-bond donors (Lipinski definition) is 1. The number of hydrogen-bond acceptors (Lipinski definition) is 6. The average molecular weight is 595 g/mol. The molecule has 8 nitrogen and oxygen atoms in total. The number of alkyl halides is 2. The lowest BCUT2D eigenvalue weighted by molar-refractivity contribution is -0.141. The van der Waals surface area contributed by atoms with Crippen molar-refractivity contribution in [3.63, 3.8) is 0 Å². The fourth-order valence-electron chi connectivity index (χ4n) is 6.98. The summed E-state index contributed by atoms with van der Waals surface area (Å²) in [6.45, 7) is 0.158. The van der Waals surface area contributed by atoms with Gasteiger partial charge in [0.15, 0.2) is 21.2 Å². The fraction of sp³-hybridized carbons (Fsp3) is 0.355. The molecular formula is C31H28Cl2N2O6. The van der Waals surface area contributed by atoms with Crippen molar-refractivity contribution >= 4 is 52.9 Å². The van der Waals surface area contributed by atoms with Crippen LogP contribution < -0.4 is 4.74 Å². The molecule has 2 aromatic rings. The van der Waals surface area contributed by atoms with Crippen molar-refractivity contribution in [2.75, 3.05) is 14.2 Å². The maximum Gasteiger partial charge on any atom is 0.253 e. The van der Waals surface area contributed by atoms with Crippen LogP contribution in [0.5, 0.6) is 11.5 Å². The van der Waals surface area contributed by atoms with Gasteiger partial charge in [0.1, 0.15) is 0 Å². The number of ether oxygens (including phenoxy) is 1. The van der Waals surface area contributed by atoms with Gasteiger partial charge >= 0.3 is 0 Å². The van der Waals surface area contributed by atoms with Crippen LogP contribution in [0.15, 0.2) is 66.3 Å². The number of amides is 4. The van der Waals surface area contributed by atoms with Crippen LogP contribution in [0.25, 0.3) is 6.08 Å². The number of carbonyl (C=O) groups excluding carboxylic acids is 4. The van der Waals surface area contributed by atoms with E-state index in [0.717, 1.165) is 16.0 Å². The Bertz CT molecular complexity index is 1540. The molecule has 1 saturated carbocycles. The molecule has 0 radical (unpaired) electrons. The second kappa shape index (κ2) is 9.74. The third kappa shape index (κ3) is 3.87. The zero-order valence-electron chi connectivity index (χ0n) is 22.4. The van der Waals surface area contributed by atoms with E-state index in [2.05, 4.69) is 0 Å². The number of benzene rings is 2. The summed E-state index contributed by atoms with van der Waals surface area (Å²) in [4.78, 5) is 53.0. The lowest BCUT2D eigenvalue weighted by Crippen LogP contribution is -2.60. The molecule has 10 heteroatoms. The lowest BCUT2D eigenvalue weighted by Gasteiger charge is -2.49. The van der Waals surface area contributed by atoms with E-state index in [1.165, 1.54) is 25.1 Å². The fourth-order valence-corrected chi connectivity index (χ4v) is 7.96. The normalized spacial score (nSPS) is 32.7. The second-order valence-corrected chi connectivity index (χ2v) is 12.3. The highest BCUT2D eigenvalue weighted by molar-refractivity contribution is 6.53. The van der Waals surface area contributed by atoms with Crippen molar-refractivity contribution in [3.05, 3.63) is 77.4 Å². The quantitative estimate of drug-likeness (QED) is 0.317. The van der Waals surface area contributed by atoms with E-state index in [1.807, 2.05) is 36.4 Å². The van der Waals surface area contributed by atoms with Crippen LogP contribution in [0.2, 0.25) is 0 Å². The molecule has 4 amide bonds. The van der Waals surface area contributed by atoms with Crippen molar-refractivity contribution in [2.45, 2.75) is 29.1 Å². The van der Waals surface area contributed by atoms with Gasteiger partial charge in [-0.1, -0.05) is 60.2 Å². The Kier molecular flexibility index (Phi) is 6.54. The molecule has 2 aliphatic carbocycles. The number of fused-ring (bicyclic) bond motifs is 4. The topological polar surface area (TPSA) is 104 Å². The maximum atomic E-state index is 13.9. The molecular weight excluding hydrogens is 567 g/mol. The Labute approximate surface area is 247 Å². The van der Waals surface area contributed by atoms with Gasteiger partial charge < -0.3 is 9.84 Å². The SMILES string of the molecule is COc1cc(C=C[C@H]2C3=CC[C@@H]4C(=O)N(Cc5ccccc5)C(=O)[C@@H]4[C@@H]3C[C@@]3(Cl)C(=O)N(C)C(=O)[C@@]23Cl)ccc1O.